The van der Waals surface area contributed by atoms with E-state index in [0.717, 1.165) is 10.8 Å². The number of hydrogen-bond donors (Lipinski definition) is 3. The topological polar surface area (TPSA) is 97.1 Å². The van der Waals surface area contributed by atoms with E-state index in [1.807, 2.05) is 18.2 Å². The van der Waals surface area contributed by atoms with Gasteiger partial charge in [-0.25, -0.2) is 0 Å². The van der Waals surface area contributed by atoms with Gasteiger partial charge in [-0.1, -0.05) is 12.1 Å². The maximum absolute atomic E-state index is 11.7. The van der Waals surface area contributed by atoms with E-state index in [0.29, 0.717) is 5.69 Å². The minimum absolute atomic E-state index is 0.0997. The van der Waals surface area contributed by atoms with Gasteiger partial charge in [-0.15, -0.1) is 0 Å². The molecule has 0 spiro atoms. The monoisotopic (exact) mass is 258 g/mol. The van der Waals surface area contributed by atoms with Gasteiger partial charge in [0.05, 0.1) is 13.1 Å². The molecule has 1 aromatic heterocycles. The molecule has 2 aromatic rings. The van der Waals surface area contributed by atoms with Gasteiger partial charge in [0.1, 0.15) is 0 Å². The van der Waals surface area contributed by atoms with Gasteiger partial charge in [0.25, 0.3) is 0 Å². The molecule has 0 unspecified atom stereocenters. The molecule has 1 aromatic carbocycles. The normalized spacial score (nSPS) is 10.2. The van der Waals surface area contributed by atoms with Gasteiger partial charge < -0.3 is 16.4 Å². The molecule has 98 valence electrons. The summed E-state index contributed by atoms with van der Waals surface area (Å²) in [5, 5.41) is 6.99. The molecule has 4 N–H and O–H groups in total. The second-order valence-corrected chi connectivity index (χ2v) is 3.93. The van der Waals surface area contributed by atoms with Gasteiger partial charge in [-0.3, -0.25) is 14.6 Å². The number of fused-ring (bicyclic) bond motifs is 1. The summed E-state index contributed by atoms with van der Waals surface area (Å²) in [6, 6.07) is 7.36. The lowest BCUT2D eigenvalue weighted by Crippen LogP contribution is -2.36. The van der Waals surface area contributed by atoms with Gasteiger partial charge in [0.2, 0.25) is 11.8 Å². The molecule has 0 radical (unpaired) electrons. The molecule has 2 rings (SSSR count). The zero-order chi connectivity index (χ0) is 13.7. The summed E-state index contributed by atoms with van der Waals surface area (Å²) in [7, 11) is 0. The van der Waals surface area contributed by atoms with Crippen LogP contribution in [-0.2, 0) is 9.59 Å². The second kappa shape index (κ2) is 5.92. The number of nitrogens with zero attached hydrogens (tertiary/aromatic N) is 1. The second-order valence-electron chi connectivity index (χ2n) is 3.93. The van der Waals surface area contributed by atoms with Gasteiger partial charge in [-0.05, 0) is 12.1 Å². The predicted octanol–water partition coefficient (Wildman–Crippen LogP) is 0.248. The van der Waals surface area contributed by atoms with Crippen LogP contribution < -0.4 is 16.4 Å². The van der Waals surface area contributed by atoms with Crippen LogP contribution >= 0.6 is 0 Å². The zero-order valence-electron chi connectivity index (χ0n) is 10.2. The number of benzene rings is 1. The van der Waals surface area contributed by atoms with Crippen LogP contribution in [-0.4, -0.2) is 29.9 Å². The molecule has 0 saturated carbocycles. The molecule has 0 saturated heterocycles. The van der Waals surface area contributed by atoms with Gasteiger partial charge in [0, 0.05) is 28.9 Å². The van der Waals surface area contributed by atoms with Crippen molar-refractivity contribution in [3.05, 3.63) is 36.7 Å². The van der Waals surface area contributed by atoms with E-state index in [4.69, 9.17) is 5.73 Å². The highest BCUT2D eigenvalue weighted by atomic mass is 16.2. The Bertz CT molecular complexity index is 607. The number of hydrogen-bond acceptors (Lipinski definition) is 4. The van der Waals surface area contributed by atoms with Crippen molar-refractivity contribution in [2.24, 2.45) is 5.73 Å². The number of nitrogens with one attached hydrogen (secondary N) is 2. The van der Waals surface area contributed by atoms with E-state index >= 15 is 0 Å². The van der Waals surface area contributed by atoms with Crippen molar-refractivity contribution in [2.75, 3.05) is 18.4 Å². The van der Waals surface area contributed by atoms with Crippen LogP contribution in [0.5, 0.6) is 0 Å². The third kappa shape index (κ3) is 3.26. The summed E-state index contributed by atoms with van der Waals surface area (Å²) < 4.78 is 0. The Hall–Kier alpha value is -2.47. The highest BCUT2D eigenvalue weighted by Gasteiger charge is 2.06. The molecular formula is C13H14N4O2. The molecule has 0 fully saturated rings. The number of aromatic nitrogens is 1. The zero-order valence-corrected chi connectivity index (χ0v) is 10.2. The van der Waals surface area contributed by atoms with E-state index in [1.54, 1.807) is 18.5 Å². The van der Waals surface area contributed by atoms with Crippen LogP contribution in [0.4, 0.5) is 5.69 Å². The lowest BCUT2D eigenvalue weighted by molar-refractivity contribution is -0.123. The van der Waals surface area contributed by atoms with Crippen LogP contribution in [0.2, 0.25) is 0 Å². The average Bonchev–Trinajstić information content (AvgIpc) is 2.45. The first-order chi connectivity index (χ1) is 9.20. The molecular weight excluding hydrogens is 244 g/mol. The van der Waals surface area contributed by atoms with E-state index in [2.05, 4.69) is 15.6 Å². The van der Waals surface area contributed by atoms with E-state index in [-0.39, 0.29) is 24.9 Å². The van der Waals surface area contributed by atoms with Crippen molar-refractivity contribution in [1.29, 1.82) is 0 Å². The summed E-state index contributed by atoms with van der Waals surface area (Å²) >= 11 is 0. The molecule has 6 heteroatoms. The van der Waals surface area contributed by atoms with Crippen LogP contribution in [0, 0.1) is 0 Å². The van der Waals surface area contributed by atoms with Crippen molar-refractivity contribution in [3.63, 3.8) is 0 Å². The molecule has 6 nitrogen and oxygen atoms in total. The fourth-order valence-electron chi connectivity index (χ4n) is 1.68. The summed E-state index contributed by atoms with van der Waals surface area (Å²) in [5.41, 5.74) is 5.82. The summed E-state index contributed by atoms with van der Waals surface area (Å²) in [6.07, 6.45) is 3.38. The van der Waals surface area contributed by atoms with E-state index < -0.39 is 0 Å². The standard InChI is InChI=1S/C13H14N4O2/c14-6-12(18)16-8-13(19)17-11-3-1-2-9-7-15-5-4-10(9)11/h1-5,7H,6,8,14H2,(H,16,18)(H,17,19). The lowest BCUT2D eigenvalue weighted by Gasteiger charge is -2.08. The molecule has 0 bridgehead atoms. The smallest absolute Gasteiger partial charge is 0.243 e. The molecule has 19 heavy (non-hydrogen) atoms. The minimum Gasteiger partial charge on any atom is -0.346 e. The van der Waals surface area contributed by atoms with E-state index in [1.165, 1.54) is 0 Å². The highest BCUT2D eigenvalue weighted by molar-refractivity contribution is 6.03. The minimum atomic E-state index is -0.364. The largest absolute Gasteiger partial charge is 0.346 e. The Morgan fingerprint density at radius 2 is 2.05 bits per heavy atom. The van der Waals surface area contributed by atoms with E-state index in [9.17, 15) is 9.59 Å². The third-order valence-corrected chi connectivity index (χ3v) is 2.59. The fraction of sp³-hybridized carbons (Fsp3) is 0.154. The van der Waals surface area contributed by atoms with Crippen molar-refractivity contribution in [3.8, 4) is 0 Å². The molecule has 0 atom stereocenters. The van der Waals surface area contributed by atoms with Crippen LogP contribution in [0.25, 0.3) is 10.8 Å². The summed E-state index contributed by atoms with van der Waals surface area (Å²) in [6.45, 7) is -0.231. The number of carbonyl (C=O) groups excluding carboxylic acids is 2. The maximum Gasteiger partial charge on any atom is 0.243 e. The van der Waals surface area contributed by atoms with Gasteiger partial charge in [-0.2, -0.15) is 0 Å². The number of anilines is 1. The molecule has 0 aliphatic carbocycles. The Kier molecular flexibility index (Phi) is 4.04. The summed E-state index contributed by atoms with van der Waals surface area (Å²) in [4.78, 5) is 26.7. The molecule has 2 amide bonds. The first-order valence-electron chi connectivity index (χ1n) is 5.80. The number of pyridine rings is 1. The number of nitrogens with two attached hydrogens (primary N) is 1. The summed E-state index contributed by atoms with van der Waals surface area (Å²) in [5.74, 6) is -0.664. The number of amides is 2. The quantitative estimate of drug-likeness (QED) is 0.732. The Labute approximate surface area is 110 Å². The molecule has 0 aliphatic heterocycles. The number of carbonyl (C=O) groups is 2. The number of rotatable bonds is 4. The average molecular weight is 258 g/mol. The predicted molar refractivity (Wildman–Crippen MR) is 72.4 cm³/mol. The van der Waals surface area contributed by atoms with Crippen molar-refractivity contribution >= 4 is 28.3 Å². The Balaban J connectivity index is 2.09. The third-order valence-electron chi connectivity index (χ3n) is 2.59. The van der Waals surface area contributed by atoms with Gasteiger partial charge >= 0.3 is 0 Å². The molecule has 0 aliphatic rings. The maximum atomic E-state index is 11.7. The van der Waals surface area contributed by atoms with Gasteiger partial charge in [0.15, 0.2) is 0 Å². The molecule has 1 heterocycles. The van der Waals surface area contributed by atoms with Crippen LogP contribution in [0.15, 0.2) is 36.7 Å². The van der Waals surface area contributed by atoms with Crippen LogP contribution in [0.1, 0.15) is 0 Å². The van der Waals surface area contributed by atoms with Crippen molar-refractivity contribution in [2.45, 2.75) is 0 Å². The highest BCUT2D eigenvalue weighted by Crippen LogP contribution is 2.21. The Morgan fingerprint density at radius 1 is 1.21 bits per heavy atom. The fourth-order valence-corrected chi connectivity index (χ4v) is 1.68. The SMILES string of the molecule is NCC(=O)NCC(=O)Nc1cccc2cnccc12. The Morgan fingerprint density at radius 3 is 2.84 bits per heavy atom. The first kappa shape index (κ1) is 13.0. The van der Waals surface area contributed by atoms with Crippen molar-refractivity contribution in [1.82, 2.24) is 10.3 Å². The van der Waals surface area contributed by atoms with Crippen LogP contribution in [0.3, 0.4) is 0 Å². The lowest BCUT2D eigenvalue weighted by atomic mass is 10.1. The first-order valence-corrected chi connectivity index (χ1v) is 5.80. The van der Waals surface area contributed by atoms with Crippen molar-refractivity contribution < 1.29 is 9.59 Å².